The van der Waals surface area contributed by atoms with Gasteiger partial charge in [0.05, 0.1) is 16.9 Å². The maximum atomic E-state index is 13.9. The number of aryl methyl sites for hydroxylation is 1. The van der Waals surface area contributed by atoms with Gasteiger partial charge in [-0.15, -0.1) is 0 Å². The van der Waals surface area contributed by atoms with Crippen LogP contribution in [0.15, 0.2) is 42.5 Å². The van der Waals surface area contributed by atoms with Crippen LogP contribution in [-0.4, -0.2) is 24.4 Å². The number of rotatable bonds is 4. The number of hydrogen-bond acceptors (Lipinski definition) is 3. The van der Waals surface area contributed by atoms with Crippen LogP contribution in [0.2, 0.25) is 0 Å². The number of anilines is 2. The van der Waals surface area contributed by atoms with Crippen LogP contribution in [0.4, 0.5) is 15.8 Å². The Balaban J connectivity index is 1.85. The number of nitrogens with two attached hydrogens (primary N) is 1. The fraction of sp³-hybridized carbons (Fsp3) is 0.222. The number of benzene rings is 2. The molecule has 0 aliphatic carbocycles. The molecule has 0 spiro atoms. The first-order valence-electron chi connectivity index (χ1n) is 7.71. The molecule has 0 bridgehead atoms. The number of para-hydroxylation sites is 2. The molecule has 0 aromatic heterocycles. The summed E-state index contributed by atoms with van der Waals surface area (Å²) in [6, 6.07) is 10.9. The summed E-state index contributed by atoms with van der Waals surface area (Å²) in [4.78, 5) is 25.7. The van der Waals surface area contributed by atoms with Gasteiger partial charge in [0.1, 0.15) is 11.9 Å². The normalized spacial score (nSPS) is 17.2. The maximum Gasteiger partial charge on any atom is 0.250 e. The maximum absolute atomic E-state index is 13.9. The minimum atomic E-state index is -0.558. The molecule has 0 radical (unpaired) electrons. The fourth-order valence-corrected chi connectivity index (χ4v) is 2.96. The topological polar surface area (TPSA) is 75.4 Å². The van der Waals surface area contributed by atoms with Gasteiger partial charge in [-0.25, -0.2) is 4.39 Å². The Kier molecular flexibility index (Phi) is 4.20. The molecule has 5 nitrogen and oxygen atoms in total. The van der Waals surface area contributed by atoms with Gasteiger partial charge in [-0.3, -0.25) is 9.59 Å². The van der Waals surface area contributed by atoms with Crippen molar-refractivity contribution >= 4 is 23.2 Å². The Morgan fingerprint density at radius 2 is 2.00 bits per heavy atom. The van der Waals surface area contributed by atoms with E-state index in [9.17, 15) is 14.0 Å². The molecule has 1 aliphatic rings. The third-order valence-corrected chi connectivity index (χ3v) is 4.21. The quantitative estimate of drug-likeness (QED) is 0.906. The van der Waals surface area contributed by atoms with Gasteiger partial charge in [-0.1, -0.05) is 24.3 Å². The average Bonchev–Trinajstić information content (AvgIpc) is 2.90. The van der Waals surface area contributed by atoms with Crippen molar-refractivity contribution in [1.29, 1.82) is 0 Å². The summed E-state index contributed by atoms with van der Waals surface area (Å²) < 4.78 is 13.9. The number of nitrogens with one attached hydrogen (secondary N) is 1. The summed E-state index contributed by atoms with van der Waals surface area (Å²) in [5.41, 5.74) is 7.39. The van der Waals surface area contributed by atoms with Crippen LogP contribution < -0.4 is 16.0 Å². The first-order valence-corrected chi connectivity index (χ1v) is 7.71. The molecule has 6 heteroatoms. The van der Waals surface area contributed by atoms with Crippen molar-refractivity contribution in [3.63, 3.8) is 0 Å². The van der Waals surface area contributed by atoms with Crippen LogP contribution >= 0.6 is 0 Å². The van der Waals surface area contributed by atoms with Crippen LogP contribution in [0.1, 0.15) is 22.3 Å². The number of halogens is 1. The molecule has 2 aromatic carbocycles. The highest BCUT2D eigenvalue weighted by Crippen LogP contribution is 2.28. The van der Waals surface area contributed by atoms with Gasteiger partial charge in [0.25, 0.3) is 5.91 Å². The van der Waals surface area contributed by atoms with Gasteiger partial charge in [0.2, 0.25) is 5.91 Å². The van der Waals surface area contributed by atoms with E-state index in [0.717, 1.165) is 5.56 Å². The summed E-state index contributed by atoms with van der Waals surface area (Å²) in [5.74, 6) is -1.21. The molecular formula is C18H18FN3O2. The van der Waals surface area contributed by atoms with Crippen molar-refractivity contribution in [2.75, 3.05) is 16.8 Å². The van der Waals surface area contributed by atoms with E-state index >= 15 is 0 Å². The molecule has 1 heterocycles. The second kappa shape index (κ2) is 6.31. The summed E-state index contributed by atoms with van der Waals surface area (Å²) in [7, 11) is 0. The predicted octanol–water partition coefficient (Wildman–Crippen LogP) is 2.45. The molecule has 1 aliphatic heterocycles. The Morgan fingerprint density at radius 1 is 1.25 bits per heavy atom. The van der Waals surface area contributed by atoms with E-state index in [4.69, 9.17) is 5.73 Å². The number of primary amides is 1. The average molecular weight is 327 g/mol. The van der Waals surface area contributed by atoms with Crippen LogP contribution in [0.25, 0.3) is 0 Å². The lowest BCUT2D eigenvalue weighted by molar-refractivity contribution is -0.117. The zero-order chi connectivity index (χ0) is 17.3. The lowest BCUT2D eigenvalue weighted by atomic mass is 10.1. The summed E-state index contributed by atoms with van der Waals surface area (Å²) in [6.45, 7) is 2.25. The molecule has 1 fully saturated rings. The van der Waals surface area contributed by atoms with E-state index in [-0.39, 0.29) is 11.6 Å². The highest BCUT2D eigenvalue weighted by atomic mass is 19.1. The van der Waals surface area contributed by atoms with Crippen molar-refractivity contribution in [2.24, 2.45) is 5.73 Å². The molecule has 2 aromatic rings. The fourth-order valence-electron chi connectivity index (χ4n) is 2.96. The summed E-state index contributed by atoms with van der Waals surface area (Å²) in [6.07, 6.45) is 0.514. The third kappa shape index (κ3) is 2.82. The van der Waals surface area contributed by atoms with E-state index in [0.29, 0.717) is 24.2 Å². The van der Waals surface area contributed by atoms with E-state index in [1.165, 1.54) is 11.0 Å². The van der Waals surface area contributed by atoms with E-state index in [1.54, 1.807) is 30.3 Å². The molecule has 3 N–H and O–H groups in total. The van der Waals surface area contributed by atoms with Crippen LogP contribution in [0.3, 0.4) is 0 Å². The molecule has 24 heavy (non-hydrogen) atoms. The number of carbonyl (C=O) groups is 2. The first kappa shape index (κ1) is 16.0. The lowest BCUT2D eigenvalue weighted by Crippen LogP contribution is -2.34. The van der Waals surface area contributed by atoms with Crippen LogP contribution in [0, 0.1) is 12.7 Å². The Hall–Kier alpha value is -2.89. The van der Waals surface area contributed by atoms with E-state index in [1.807, 2.05) is 13.0 Å². The molecule has 1 atom stereocenters. The minimum absolute atomic E-state index is 0.223. The minimum Gasteiger partial charge on any atom is -0.373 e. The molecule has 1 saturated heterocycles. The van der Waals surface area contributed by atoms with Crippen LogP contribution in [0.5, 0.6) is 0 Å². The van der Waals surface area contributed by atoms with Crippen molar-refractivity contribution in [2.45, 2.75) is 19.4 Å². The van der Waals surface area contributed by atoms with E-state index in [2.05, 4.69) is 5.32 Å². The van der Waals surface area contributed by atoms with Gasteiger partial charge >= 0.3 is 0 Å². The Bertz CT molecular complexity index is 807. The van der Waals surface area contributed by atoms with Crippen molar-refractivity contribution < 1.29 is 14.0 Å². The SMILES string of the molecule is Cc1cccc(C(N)=O)c1NC1CCN(c2ccccc2F)C1=O. The van der Waals surface area contributed by atoms with Gasteiger partial charge in [-0.2, -0.15) is 0 Å². The zero-order valence-corrected chi connectivity index (χ0v) is 13.3. The molecule has 0 saturated carbocycles. The number of carbonyl (C=O) groups excluding carboxylic acids is 2. The van der Waals surface area contributed by atoms with Crippen LogP contribution in [-0.2, 0) is 4.79 Å². The molecule has 124 valence electrons. The highest BCUT2D eigenvalue weighted by molar-refractivity contribution is 6.03. The largest absolute Gasteiger partial charge is 0.373 e. The van der Waals surface area contributed by atoms with Crippen molar-refractivity contribution in [3.05, 3.63) is 59.4 Å². The van der Waals surface area contributed by atoms with Crippen molar-refractivity contribution in [1.82, 2.24) is 0 Å². The third-order valence-electron chi connectivity index (χ3n) is 4.21. The summed E-state index contributed by atoms with van der Waals surface area (Å²) >= 11 is 0. The zero-order valence-electron chi connectivity index (χ0n) is 13.3. The second-order valence-corrected chi connectivity index (χ2v) is 5.79. The highest BCUT2D eigenvalue weighted by Gasteiger charge is 2.34. The van der Waals surface area contributed by atoms with Gasteiger partial charge in [0.15, 0.2) is 0 Å². The molecule has 3 rings (SSSR count). The predicted molar refractivity (Wildman–Crippen MR) is 90.5 cm³/mol. The van der Waals surface area contributed by atoms with E-state index < -0.39 is 17.8 Å². The van der Waals surface area contributed by atoms with Gasteiger partial charge < -0.3 is 16.0 Å². The first-order chi connectivity index (χ1) is 11.5. The smallest absolute Gasteiger partial charge is 0.250 e. The molecule has 2 amide bonds. The molecular weight excluding hydrogens is 309 g/mol. The van der Waals surface area contributed by atoms with Crippen molar-refractivity contribution in [3.8, 4) is 0 Å². The Morgan fingerprint density at radius 3 is 2.71 bits per heavy atom. The van der Waals surface area contributed by atoms with Gasteiger partial charge in [-0.05, 0) is 37.1 Å². The molecule has 1 unspecified atom stereocenters. The summed E-state index contributed by atoms with van der Waals surface area (Å²) in [5, 5.41) is 3.11. The standard InChI is InChI=1S/C18H18FN3O2/c1-11-5-4-6-12(17(20)23)16(11)21-14-9-10-22(18(14)24)15-8-3-2-7-13(15)19/h2-8,14,21H,9-10H2,1H3,(H2,20,23). The Labute approximate surface area is 139 Å². The number of nitrogens with zero attached hydrogens (tertiary/aromatic N) is 1. The number of amides is 2. The number of hydrogen-bond donors (Lipinski definition) is 2. The second-order valence-electron chi connectivity index (χ2n) is 5.79. The lowest BCUT2D eigenvalue weighted by Gasteiger charge is -2.20. The van der Waals surface area contributed by atoms with Gasteiger partial charge in [0, 0.05) is 6.54 Å². The monoisotopic (exact) mass is 327 g/mol.